The molecule has 1 fully saturated rings. The second kappa shape index (κ2) is 4.41. The fourth-order valence-electron chi connectivity index (χ4n) is 1.34. The lowest BCUT2D eigenvalue weighted by molar-refractivity contribution is 0.504. The minimum atomic E-state index is 0.522. The summed E-state index contributed by atoms with van der Waals surface area (Å²) in [4.78, 5) is 0. The molecule has 0 amide bonds. The third-order valence-electron chi connectivity index (χ3n) is 2.35. The quantitative estimate of drug-likeness (QED) is 0.703. The summed E-state index contributed by atoms with van der Waals surface area (Å²) in [6, 6.07) is 0.522. The highest BCUT2D eigenvalue weighted by atomic mass is 16.4. The second-order valence-corrected chi connectivity index (χ2v) is 3.70. The van der Waals surface area contributed by atoms with E-state index in [0.29, 0.717) is 24.9 Å². The molecule has 1 saturated carbocycles. The molecule has 0 spiro atoms. The number of aromatic nitrogens is 2. The molecular formula is C9H16N4O. The van der Waals surface area contributed by atoms with Crippen molar-refractivity contribution in [1.82, 2.24) is 10.2 Å². The van der Waals surface area contributed by atoms with E-state index in [4.69, 9.17) is 10.2 Å². The smallest absolute Gasteiger partial charge is 0.315 e. The topological polar surface area (TPSA) is 77.0 Å². The number of nitrogens with two attached hydrogens (primary N) is 1. The summed E-state index contributed by atoms with van der Waals surface area (Å²) in [6.45, 7) is 1.47. The minimum Gasteiger partial charge on any atom is -0.408 e. The predicted octanol–water partition coefficient (Wildman–Crippen LogP) is 0.783. The molecule has 0 aliphatic heterocycles. The zero-order valence-corrected chi connectivity index (χ0v) is 8.20. The van der Waals surface area contributed by atoms with Crippen molar-refractivity contribution >= 4 is 6.01 Å². The van der Waals surface area contributed by atoms with Crippen LogP contribution in [-0.4, -0.2) is 23.3 Å². The lowest BCUT2D eigenvalue weighted by Crippen LogP contribution is -2.03. The number of anilines is 1. The molecule has 3 N–H and O–H groups in total. The van der Waals surface area contributed by atoms with Crippen LogP contribution < -0.4 is 11.1 Å². The van der Waals surface area contributed by atoms with Gasteiger partial charge in [-0.25, -0.2) is 0 Å². The van der Waals surface area contributed by atoms with Crippen LogP contribution >= 0.6 is 0 Å². The van der Waals surface area contributed by atoms with E-state index < -0.39 is 0 Å². The van der Waals surface area contributed by atoms with Crippen LogP contribution in [0.2, 0.25) is 0 Å². The maximum Gasteiger partial charge on any atom is 0.315 e. The maximum absolute atomic E-state index is 5.37. The molecule has 1 heterocycles. The fraction of sp³-hybridized carbons (Fsp3) is 0.778. The number of nitrogens with one attached hydrogen (secondary N) is 1. The maximum atomic E-state index is 5.37. The summed E-state index contributed by atoms with van der Waals surface area (Å²) in [5, 5.41) is 10.8. The van der Waals surface area contributed by atoms with E-state index in [-0.39, 0.29) is 0 Å². The second-order valence-electron chi connectivity index (χ2n) is 3.70. The zero-order valence-electron chi connectivity index (χ0n) is 8.20. The van der Waals surface area contributed by atoms with Crippen molar-refractivity contribution in [2.75, 3.05) is 18.4 Å². The van der Waals surface area contributed by atoms with Gasteiger partial charge in [-0.3, -0.25) is 0 Å². The van der Waals surface area contributed by atoms with Gasteiger partial charge in [-0.15, -0.1) is 5.10 Å². The number of rotatable bonds is 6. The molecule has 0 saturated heterocycles. The van der Waals surface area contributed by atoms with Crippen molar-refractivity contribution in [1.29, 1.82) is 0 Å². The van der Waals surface area contributed by atoms with Crippen molar-refractivity contribution in [3.8, 4) is 0 Å². The molecule has 1 aliphatic rings. The SMILES string of the molecule is NCCc1nnc(NCCC2CC2)o1. The van der Waals surface area contributed by atoms with E-state index in [9.17, 15) is 0 Å². The summed E-state index contributed by atoms with van der Waals surface area (Å²) in [7, 11) is 0. The van der Waals surface area contributed by atoms with E-state index in [0.717, 1.165) is 12.5 Å². The molecule has 2 rings (SSSR count). The minimum absolute atomic E-state index is 0.522. The molecule has 0 radical (unpaired) electrons. The highest BCUT2D eigenvalue weighted by molar-refractivity contribution is 5.16. The Hall–Kier alpha value is -1.10. The van der Waals surface area contributed by atoms with Crippen molar-refractivity contribution < 1.29 is 4.42 Å². The van der Waals surface area contributed by atoms with E-state index in [2.05, 4.69) is 15.5 Å². The Bertz CT molecular complexity index is 282. The van der Waals surface area contributed by atoms with Crippen LogP contribution in [0.15, 0.2) is 4.42 Å². The van der Waals surface area contributed by atoms with E-state index in [1.54, 1.807) is 0 Å². The summed E-state index contributed by atoms with van der Waals surface area (Å²) >= 11 is 0. The average Bonchev–Trinajstić information content (AvgIpc) is 2.88. The third kappa shape index (κ3) is 2.70. The largest absolute Gasteiger partial charge is 0.408 e. The first kappa shape index (κ1) is 9.45. The average molecular weight is 196 g/mol. The molecule has 78 valence electrons. The highest BCUT2D eigenvalue weighted by Gasteiger charge is 2.20. The fourth-order valence-corrected chi connectivity index (χ4v) is 1.34. The number of nitrogens with zero attached hydrogens (tertiary/aromatic N) is 2. The van der Waals surface area contributed by atoms with Gasteiger partial charge in [0.25, 0.3) is 0 Å². The normalized spacial score (nSPS) is 15.8. The van der Waals surface area contributed by atoms with Crippen LogP contribution in [0.5, 0.6) is 0 Å². The van der Waals surface area contributed by atoms with Crippen molar-refractivity contribution in [2.45, 2.75) is 25.7 Å². The molecular weight excluding hydrogens is 180 g/mol. The van der Waals surface area contributed by atoms with Gasteiger partial charge in [0.15, 0.2) is 0 Å². The Morgan fingerprint density at radius 1 is 1.43 bits per heavy atom. The van der Waals surface area contributed by atoms with Gasteiger partial charge in [0.1, 0.15) is 0 Å². The molecule has 5 nitrogen and oxygen atoms in total. The van der Waals surface area contributed by atoms with Crippen molar-refractivity contribution in [2.24, 2.45) is 11.7 Å². The van der Waals surface area contributed by atoms with Gasteiger partial charge < -0.3 is 15.5 Å². The van der Waals surface area contributed by atoms with Crippen molar-refractivity contribution in [3.63, 3.8) is 0 Å². The predicted molar refractivity (Wildman–Crippen MR) is 52.9 cm³/mol. The molecule has 1 aromatic heterocycles. The van der Waals surface area contributed by atoms with E-state index >= 15 is 0 Å². The van der Waals surface area contributed by atoms with Crippen LogP contribution in [0.25, 0.3) is 0 Å². The van der Waals surface area contributed by atoms with Crippen LogP contribution in [0.3, 0.4) is 0 Å². The number of hydrogen-bond donors (Lipinski definition) is 2. The summed E-state index contributed by atoms with van der Waals surface area (Å²) in [5.74, 6) is 1.54. The molecule has 0 bridgehead atoms. The lowest BCUT2D eigenvalue weighted by atomic mass is 10.3. The molecule has 14 heavy (non-hydrogen) atoms. The van der Waals surface area contributed by atoms with Gasteiger partial charge in [-0.2, -0.15) is 0 Å². The zero-order chi connectivity index (χ0) is 9.80. The van der Waals surface area contributed by atoms with Gasteiger partial charge in [-0.1, -0.05) is 17.9 Å². The number of hydrogen-bond acceptors (Lipinski definition) is 5. The summed E-state index contributed by atoms with van der Waals surface area (Å²) < 4.78 is 5.31. The first-order valence-electron chi connectivity index (χ1n) is 5.15. The van der Waals surface area contributed by atoms with Gasteiger partial charge in [0.2, 0.25) is 5.89 Å². The Morgan fingerprint density at radius 3 is 3.00 bits per heavy atom. The molecule has 0 unspecified atom stereocenters. The summed E-state index contributed by atoms with van der Waals surface area (Å²) in [6.07, 6.45) is 4.61. The molecule has 0 aromatic carbocycles. The van der Waals surface area contributed by atoms with Crippen LogP contribution in [0.1, 0.15) is 25.2 Å². The summed E-state index contributed by atoms with van der Waals surface area (Å²) in [5.41, 5.74) is 5.37. The molecule has 1 aromatic rings. The Morgan fingerprint density at radius 2 is 2.29 bits per heavy atom. The van der Waals surface area contributed by atoms with Crippen LogP contribution in [0.4, 0.5) is 6.01 Å². The van der Waals surface area contributed by atoms with E-state index in [1.807, 2.05) is 0 Å². The highest BCUT2D eigenvalue weighted by Crippen LogP contribution is 2.31. The van der Waals surface area contributed by atoms with Gasteiger partial charge in [0.05, 0.1) is 0 Å². The monoisotopic (exact) mass is 196 g/mol. The Kier molecular flexibility index (Phi) is 2.98. The van der Waals surface area contributed by atoms with Gasteiger partial charge in [0, 0.05) is 19.5 Å². The molecule has 1 aliphatic carbocycles. The first-order valence-corrected chi connectivity index (χ1v) is 5.15. The Labute approximate surface area is 83.1 Å². The third-order valence-corrected chi connectivity index (χ3v) is 2.35. The standard InChI is InChI=1S/C9H16N4O/c10-5-3-8-12-13-9(14-8)11-6-4-7-1-2-7/h7H,1-6,10H2,(H,11,13). The van der Waals surface area contributed by atoms with Crippen molar-refractivity contribution in [3.05, 3.63) is 5.89 Å². The van der Waals surface area contributed by atoms with Crippen LogP contribution in [0, 0.1) is 5.92 Å². The van der Waals surface area contributed by atoms with Gasteiger partial charge >= 0.3 is 6.01 Å². The van der Waals surface area contributed by atoms with E-state index in [1.165, 1.54) is 19.3 Å². The molecule has 0 atom stereocenters. The lowest BCUT2D eigenvalue weighted by Gasteiger charge is -1.98. The van der Waals surface area contributed by atoms with Gasteiger partial charge in [-0.05, 0) is 12.3 Å². The Balaban J connectivity index is 1.71. The molecule has 5 heteroatoms. The van der Waals surface area contributed by atoms with Crippen LogP contribution in [-0.2, 0) is 6.42 Å². The first-order chi connectivity index (χ1) is 6.88.